The van der Waals surface area contributed by atoms with E-state index in [2.05, 4.69) is 5.32 Å². The maximum absolute atomic E-state index is 11.1. The summed E-state index contributed by atoms with van der Waals surface area (Å²) < 4.78 is 5.44. The Labute approximate surface area is 104 Å². The first-order valence-electron chi connectivity index (χ1n) is 5.98. The molecule has 0 aliphatic rings. The minimum atomic E-state index is -0.644. The number of carbonyl (C=O) groups is 1. The number of nitrogens with one attached hydrogen (secondary N) is 1. The van der Waals surface area contributed by atoms with Crippen LogP contribution in [0.25, 0.3) is 0 Å². The number of rotatable bonds is 7. The van der Waals surface area contributed by atoms with Crippen LogP contribution in [0, 0.1) is 5.92 Å². The number of nitrogens with two attached hydrogens (primary N) is 1. The molecule has 0 radical (unpaired) electrons. The minimum absolute atomic E-state index is 0.100. The third kappa shape index (κ3) is 8.12. The number of hydrogen-bond donors (Lipinski definition) is 3. The van der Waals surface area contributed by atoms with Gasteiger partial charge in [0.1, 0.15) is 0 Å². The number of aliphatic hydroxyl groups excluding tert-OH is 1. The van der Waals surface area contributed by atoms with Crippen molar-refractivity contribution in [1.29, 1.82) is 0 Å². The molecule has 5 nitrogen and oxygen atoms in total. The molecule has 0 aromatic heterocycles. The van der Waals surface area contributed by atoms with E-state index in [4.69, 9.17) is 10.5 Å². The van der Waals surface area contributed by atoms with Gasteiger partial charge < -0.3 is 20.9 Å². The van der Waals surface area contributed by atoms with E-state index < -0.39 is 18.1 Å². The molecule has 5 heteroatoms. The van der Waals surface area contributed by atoms with Crippen molar-refractivity contribution in [2.75, 3.05) is 13.2 Å². The van der Waals surface area contributed by atoms with Gasteiger partial charge in [-0.2, -0.15) is 0 Å². The number of hydrogen-bond acceptors (Lipinski definition) is 4. The Morgan fingerprint density at radius 2 is 1.94 bits per heavy atom. The van der Waals surface area contributed by atoms with Crippen molar-refractivity contribution >= 4 is 5.91 Å². The highest BCUT2D eigenvalue weighted by atomic mass is 16.5. The molecule has 0 aromatic carbocycles. The normalized spacial score (nSPS) is 15.9. The summed E-state index contributed by atoms with van der Waals surface area (Å²) in [4.78, 5) is 11.1. The van der Waals surface area contributed by atoms with E-state index in [9.17, 15) is 9.90 Å². The fourth-order valence-electron chi connectivity index (χ4n) is 1.33. The molecule has 102 valence electrons. The lowest BCUT2D eigenvalue weighted by molar-refractivity contribution is -0.121. The molecule has 0 aliphatic heterocycles. The second-order valence-electron chi connectivity index (χ2n) is 5.61. The average Bonchev–Trinajstić information content (AvgIpc) is 2.12. The third-order valence-corrected chi connectivity index (χ3v) is 2.26. The molecule has 17 heavy (non-hydrogen) atoms. The van der Waals surface area contributed by atoms with Crippen molar-refractivity contribution in [2.24, 2.45) is 11.7 Å². The Morgan fingerprint density at radius 3 is 2.29 bits per heavy atom. The Morgan fingerprint density at radius 1 is 1.41 bits per heavy atom. The van der Waals surface area contributed by atoms with Crippen LogP contribution < -0.4 is 11.1 Å². The fraction of sp³-hybridized carbons (Fsp3) is 0.917. The summed E-state index contributed by atoms with van der Waals surface area (Å²) in [5, 5.41) is 12.6. The second kappa shape index (κ2) is 6.93. The summed E-state index contributed by atoms with van der Waals surface area (Å²) in [6.45, 7) is 10.1. The van der Waals surface area contributed by atoms with Crippen LogP contribution in [0.15, 0.2) is 0 Å². The number of primary amides is 1. The molecular formula is C12H26N2O3. The van der Waals surface area contributed by atoms with Gasteiger partial charge in [0, 0.05) is 6.54 Å². The molecule has 0 fully saturated rings. The van der Waals surface area contributed by atoms with Gasteiger partial charge in [0.15, 0.2) is 0 Å². The first kappa shape index (κ1) is 16.4. The Kier molecular flexibility index (Phi) is 6.67. The number of ether oxygens (including phenoxy) is 1. The first-order chi connectivity index (χ1) is 7.63. The topological polar surface area (TPSA) is 84.6 Å². The Bertz CT molecular complexity index is 236. The molecule has 0 rings (SSSR count). The molecule has 0 heterocycles. The molecule has 0 saturated carbocycles. The summed E-state index contributed by atoms with van der Waals surface area (Å²) in [5.74, 6) is -0.299. The molecular weight excluding hydrogens is 220 g/mol. The summed E-state index contributed by atoms with van der Waals surface area (Å²) in [6.07, 6.45) is -0.644. The molecule has 1 amide bonds. The van der Waals surface area contributed by atoms with Gasteiger partial charge in [0.05, 0.1) is 24.4 Å². The molecule has 0 saturated heterocycles. The van der Waals surface area contributed by atoms with Crippen LogP contribution in [-0.4, -0.2) is 41.9 Å². The van der Waals surface area contributed by atoms with Crippen molar-refractivity contribution in [2.45, 2.75) is 52.4 Å². The van der Waals surface area contributed by atoms with Crippen LogP contribution in [0.1, 0.15) is 34.6 Å². The highest BCUT2D eigenvalue weighted by Crippen LogP contribution is 2.07. The number of aliphatic hydroxyl groups is 1. The van der Waals surface area contributed by atoms with Gasteiger partial charge in [0.2, 0.25) is 5.91 Å². The Balaban J connectivity index is 3.97. The summed E-state index contributed by atoms with van der Waals surface area (Å²) in [7, 11) is 0. The van der Waals surface area contributed by atoms with Crippen molar-refractivity contribution in [3.05, 3.63) is 0 Å². The molecule has 0 aromatic rings. The lowest BCUT2D eigenvalue weighted by atomic mass is 10.0. The molecule has 0 aliphatic carbocycles. The van der Waals surface area contributed by atoms with Gasteiger partial charge >= 0.3 is 0 Å². The smallest absolute Gasteiger partial charge is 0.234 e. The van der Waals surface area contributed by atoms with E-state index in [-0.39, 0.29) is 18.1 Å². The highest BCUT2D eigenvalue weighted by Gasteiger charge is 2.20. The monoisotopic (exact) mass is 246 g/mol. The van der Waals surface area contributed by atoms with E-state index in [1.165, 1.54) is 0 Å². The number of amides is 1. The second-order valence-corrected chi connectivity index (χ2v) is 5.61. The molecule has 0 bridgehead atoms. The zero-order chi connectivity index (χ0) is 13.6. The third-order valence-electron chi connectivity index (χ3n) is 2.26. The van der Waals surface area contributed by atoms with E-state index in [0.717, 1.165) is 0 Å². The lowest BCUT2D eigenvalue weighted by Gasteiger charge is -2.24. The molecule has 2 atom stereocenters. The fourth-order valence-corrected chi connectivity index (χ4v) is 1.33. The summed E-state index contributed by atoms with van der Waals surface area (Å²) >= 11 is 0. The molecule has 4 N–H and O–H groups in total. The quantitative estimate of drug-likeness (QED) is 0.601. The Hall–Kier alpha value is -0.650. The van der Waals surface area contributed by atoms with Crippen LogP contribution in [-0.2, 0) is 9.53 Å². The van der Waals surface area contributed by atoms with Gasteiger partial charge in [-0.15, -0.1) is 0 Å². The highest BCUT2D eigenvalue weighted by molar-refractivity contribution is 5.80. The maximum atomic E-state index is 11.1. The van der Waals surface area contributed by atoms with Crippen LogP contribution in [0.3, 0.4) is 0 Å². The lowest BCUT2D eigenvalue weighted by Crippen LogP contribution is -2.48. The van der Waals surface area contributed by atoms with Crippen molar-refractivity contribution < 1.29 is 14.6 Å². The zero-order valence-corrected chi connectivity index (χ0v) is 11.5. The largest absolute Gasteiger partial charge is 0.389 e. The van der Waals surface area contributed by atoms with Gasteiger partial charge in [0.25, 0.3) is 0 Å². The van der Waals surface area contributed by atoms with E-state index in [1.807, 2.05) is 34.6 Å². The zero-order valence-electron chi connectivity index (χ0n) is 11.5. The SMILES string of the molecule is CC(C)C(NCC(O)COC(C)(C)C)C(N)=O. The van der Waals surface area contributed by atoms with Gasteiger partial charge in [-0.1, -0.05) is 13.8 Å². The van der Waals surface area contributed by atoms with Gasteiger partial charge in [-0.25, -0.2) is 0 Å². The van der Waals surface area contributed by atoms with Crippen molar-refractivity contribution in [1.82, 2.24) is 5.32 Å². The van der Waals surface area contributed by atoms with Crippen molar-refractivity contribution in [3.63, 3.8) is 0 Å². The molecule has 0 spiro atoms. The maximum Gasteiger partial charge on any atom is 0.234 e. The summed E-state index contributed by atoms with van der Waals surface area (Å²) in [5.41, 5.74) is 4.98. The average molecular weight is 246 g/mol. The van der Waals surface area contributed by atoms with Crippen LogP contribution in [0.5, 0.6) is 0 Å². The van der Waals surface area contributed by atoms with E-state index >= 15 is 0 Å². The van der Waals surface area contributed by atoms with Crippen LogP contribution in [0.2, 0.25) is 0 Å². The minimum Gasteiger partial charge on any atom is -0.389 e. The van der Waals surface area contributed by atoms with Crippen LogP contribution in [0.4, 0.5) is 0 Å². The van der Waals surface area contributed by atoms with Gasteiger partial charge in [-0.05, 0) is 26.7 Å². The predicted octanol–water partition coefficient (Wildman–Crippen LogP) is 0.262. The van der Waals surface area contributed by atoms with Crippen molar-refractivity contribution in [3.8, 4) is 0 Å². The van der Waals surface area contributed by atoms with Crippen LogP contribution >= 0.6 is 0 Å². The van der Waals surface area contributed by atoms with E-state index in [1.54, 1.807) is 0 Å². The summed E-state index contributed by atoms with van der Waals surface area (Å²) in [6, 6.07) is -0.417. The standard InChI is InChI=1S/C12H26N2O3/c1-8(2)10(11(13)16)14-6-9(15)7-17-12(3,4)5/h8-10,14-15H,6-7H2,1-5H3,(H2,13,16). The number of carbonyl (C=O) groups excluding carboxylic acids is 1. The molecule has 2 unspecified atom stereocenters. The van der Waals surface area contributed by atoms with E-state index in [0.29, 0.717) is 6.54 Å². The first-order valence-corrected chi connectivity index (χ1v) is 5.98. The predicted molar refractivity (Wildman–Crippen MR) is 67.5 cm³/mol. The van der Waals surface area contributed by atoms with Gasteiger partial charge in [-0.3, -0.25) is 4.79 Å².